The summed E-state index contributed by atoms with van der Waals surface area (Å²) in [4.78, 5) is 56.7. The van der Waals surface area contributed by atoms with Gasteiger partial charge in [-0.25, -0.2) is 0 Å². The first-order chi connectivity index (χ1) is 21.9. The number of phenols is 1. The molecule has 12 heteroatoms. The van der Waals surface area contributed by atoms with Crippen LogP contribution in [0.5, 0.6) is 11.5 Å². The van der Waals surface area contributed by atoms with E-state index in [1.54, 1.807) is 0 Å². The molecule has 2 aromatic carbocycles. The molecular weight excluding hydrogens is 653 g/mol. The second-order valence-corrected chi connectivity index (χ2v) is 14.7. The Morgan fingerprint density at radius 2 is 1.67 bits per heavy atom. The number of phenolic OH excluding ortho intramolecular Hbond substituents is 1. The van der Waals surface area contributed by atoms with Gasteiger partial charge in [0.25, 0.3) is 11.8 Å². The fourth-order valence-corrected chi connectivity index (χ4v) is 9.83. The first-order valence-corrected chi connectivity index (χ1v) is 16.7. The summed E-state index contributed by atoms with van der Waals surface area (Å²) in [6.07, 6.45) is 3.43. The summed E-state index contributed by atoms with van der Waals surface area (Å²) in [7, 11) is 2.71. The third kappa shape index (κ3) is 4.38. The van der Waals surface area contributed by atoms with Crippen molar-refractivity contribution in [3.05, 3.63) is 70.3 Å². The van der Waals surface area contributed by atoms with E-state index in [2.05, 4.69) is 17.0 Å². The van der Waals surface area contributed by atoms with Gasteiger partial charge in [-0.05, 0) is 54.9 Å². The number of carbonyl (C=O) groups is 4. The number of aromatic hydroxyl groups is 1. The monoisotopic (exact) mass is 685 g/mol. The molecule has 2 aliphatic carbocycles. The van der Waals surface area contributed by atoms with Crippen molar-refractivity contribution in [2.45, 2.75) is 53.9 Å². The molecule has 0 aromatic heterocycles. The molecule has 1 N–H and O–H groups in total. The Balaban J connectivity index is 1.23. The molecule has 0 radical (unpaired) electrons. The van der Waals surface area contributed by atoms with E-state index in [0.717, 1.165) is 24.5 Å². The molecule has 2 aromatic rings. The zero-order valence-corrected chi connectivity index (χ0v) is 27.7. The number of hydrogen-bond donors (Lipinski definition) is 1. The molecule has 9 nitrogen and oxygen atoms in total. The third-order valence-electron chi connectivity index (χ3n) is 10.8. The molecule has 3 aliphatic heterocycles. The van der Waals surface area contributed by atoms with Crippen LogP contribution in [-0.2, 0) is 25.7 Å². The second-order valence-electron chi connectivity index (χ2n) is 13.1. The molecule has 0 spiro atoms. The van der Waals surface area contributed by atoms with Gasteiger partial charge in [-0.15, -0.1) is 23.2 Å². The number of hydrogen-bond acceptors (Lipinski definition) is 7. The molecule has 0 bridgehead atoms. The molecule has 242 valence electrons. The van der Waals surface area contributed by atoms with Gasteiger partial charge in [0, 0.05) is 38.6 Å². The van der Waals surface area contributed by atoms with Gasteiger partial charge < -0.3 is 9.84 Å². The van der Waals surface area contributed by atoms with Crippen LogP contribution in [0.4, 0.5) is 0 Å². The average molecular weight is 687 g/mol. The predicted octanol–water partition coefficient (Wildman–Crippen LogP) is 4.71. The van der Waals surface area contributed by atoms with Crippen molar-refractivity contribution >= 4 is 58.4 Å². The minimum absolute atomic E-state index is 0.0340. The van der Waals surface area contributed by atoms with Crippen LogP contribution >= 0.6 is 34.8 Å². The number of imide groups is 2. The lowest BCUT2D eigenvalue weighted by atomic mass is 9.56. The van der Waals surface area contributed by atoms with Crippen LogP contribution in [0.25, 0.3) is 0 Å². The van der Waals surface area contributed by atoms with E-state index in [4.69, 9.17) is 39.5 Å². The van der Waals surface area contributed by atoms with Gasteiger partial charge >= 0.3 is 0 Å². The highest BCUT2D eigenvalue weighted by Crippen LogP contribution is 2.65. The number of alkyl halides is 2. The Kier molecular flexibility index (Phi) is 7.70. The van der Waals surface area contributed by atoms with E-state index < -0.39 is 45.2 Å². The Bertz CT molecular complexity index is 1680. The number of rotatable bonds is 5. The lowest BCUT2D eigenvalue weighted by Gasteiger charge is -2.50. The maximum Gasteiger partial charge on any atom is 0.253 e. The molecule has 6 atom stereocenters. The van der Waals surface area contributed by atoms with Crippen LogP contribution in [0.3, 0.4) is 0 Å². The number of amides is 4. The van der Waals surface area contributed by atoms with Crippen molar-refractivity contribution < 1.29 is 29.0 Å². The third-order valence-corrected chi connectivity index (χ3v) is 12.5. The number of benzene rings is 2. The van der Waals surface area contributed by atoms with Crippen molar-refractivity contribution in [1.29, 1.82) is 0 Å². The number of fused-ring (bicyclic) bond motifs is 4. The molecule has 4 fully saturated rings. The maximum absolute atomic E-state index is 14.4. The molecule has 3 saturated heterocycles. The zero-order chi connectivity index (χ0) is 32.7. The molecule has 1 saturated carbocycles. The van der Waals surface area contributed by atoms with Crippen LogP contribution < -0.4 is 4.74 Å². The summed E-state index contributed by atoms with van der Waals surface area (Å²) < 4.78 is 5.35. The number of methoxy groups -OCH3 is 1. The van der Waals surface area contributed by atoms with Crippen molar-refractivity contribution in [3.8, 4) is 11.5 Å². The normalized spacial score (nSPS) is 33.2. The number of nitrogens with zero attached hydrogens (tertiary/aromatic N) is 3. The average Bonchev–Trinajstić information content (AvgIpc) is 3.38. The van der Waals surface area contributed by atoms with Crippen LogP contribution in [-0.4, -0.2) is 86.5 Å². The van der Waals surface area contributed by atoms with Crippen molar-refractivity contribution in [2.24, 2.45) is 17.8 Å². The summed E-state index contributed by atoms with van der Waals surface area (Å²) in [5, 5.41) is 10.4. The summed E-state index contributed by atoms with van der Waals surface area (Å²) in [6, 6.07) is 13.0. The van der Waals surface area contributed by atoms with Gasteiger partial charge in [0.15, 0.2) is 21.2 Å². The molecule has 5 aliphatic rings. The Labute approximate surface area is 282 Å². The van der Waals surface area contributed by atoms with Gasteiger partial charge in [-0.2, -0.15) is 0 Å². The van der Waals surface area contributed by atoms with E-state index in [1.807, 2.05) is 24.3 Å². The van der Waals surface area contributed by atoms with E-state index >= 15 is 0 Å². The van der Waals surface area contributed by atoms with E-state index in [0.29, 0.717) is 24.0 Å². The number of halogens is 3. The highest BCUT2D eigenvalue weighted by Gasteiger charge is 2.76. The highest BCUT2D eigenvalue weighted by atomic mass is 35.5. The van der Waals surface area contributed by atoms with Crippen molar-refractivity contribution in [2.75, 3.05) is 27.2 Å². The number of carbonyl (C=O) groups excluding carboxylic acids is 4. The summed E-state index contributed by atoms with van der Waals surface area (Å²) in [5.41, 5.74) is 2.28. The van der Waals surface area contributed by atoms with E-state index in [1.165, 1.54) is 36.8 Å². The van der Waals surface area contributed by atoms with Gasteiger partial charge in [0.1, 0.15) is 0 Å². The Hall–Kier alpha value is -3.11. The molecule has 3 heterocycles. The molecule has 4 amide bonds. The number of ether oxygens (including phenoxy) is 1. The van der Waals surface area contributed by atoms with Gasteiger partial charge in [0.2, 0.25) is 11.8 Å². The van der Waals surface area contributed by atoms with E-state index in [9.17, 15) is 24.3 Å². The standard InChI is InChI=1S/C34H34Cl3N3O6/c1-38-31(44)33(36)16-23-21(27(34(33,37)32(38)45)19-14-24(35)28(41)25(15-19)46-2)8-9-22-26(23)30(43)40(29(22)42)20-10-12-39(13-11-20)17-18-6-4-3-5-7-18/h3-8,14-15,20,22-23,26-27,41H,9-13,16-17H2,1-2H3/t22-,23+,26-,27-,33+,34-/m0/s1. The summed E-state index contributed by atoms with van der Waals surface area (Å²) >= 11 is 20.9. The largest absolute Gasteiger partial charge is 0.503 e. The number of allylic oxidation sites excluding steroid dienone is 2. The molecule has 46 heavy (non-hydrogen) atoms. The van der Waals surface area contributed by atoms with Gasteiger partial charge in [-0.3, -0.25) is 33.9 Å². The Morgan fingerprint density at radius 1 is 0.978 bits per heavy atom. The fraction of sp³-hybridized carbons (Fsp3) is 0.471. The predicted molar refractivity (Wildman–Crippen MR) is 172 cm³/mol. The van der Waals surface area contributed by atoms with Crippen LogP contribution in [0, 0.1) is 17.8 Å². The van der Waals surface area contributed by atoms with Gasteiger partial charge in [0.05, 0.1) is 24.0 Å². The van der Waals surface area contributed by atoms with Crippen LogP contribution in [0.15, 0.2) is 54.1 Å². The first kappa shape index (κ1) is 31.5. The molecule has 7 rings (SSSR count). The SMILES string of the molecule is COc1cc([C@H]2C3=CC[C@@H]4C(=O)N(C5CCN(Cc6ccccc6)CC5)C(=O)[C@@H]4[C@@H]3C[C@@]3(Cl)C(=O)N(C)C(=O)[C@@]23Cl)cc(Cl)c1O. The first-order valence-electron chi connectivity index (χ1n) is 15.5. The highest BCUT2D eigenvalue weighted by molar-refractivity contribution is 6.53. The quantitative estimate of drug-likeness (QED) is 0.276. The zero-order valence-electron chi connectivity index (χ0n) is 25.4. The van der Waals surface area contributed by atoms with Crippen LogP contribution in [0.2, 0.25) is 5.02 Å². The van der Waals surface area contributed by atoms with Crippen LogP contribution in [0.1, 0.15) is 42.7 Å². The lowest BCUT2D eigenvalue weighted by molar-refractivity contribution is -0.144. The smallest absolute Gasteiger partial charge is 0.253 e. The lowest BCUT2D eigenvalue weighted by Crippen LogP contribution is -2.60. The topological polar surface area (TPSA) is 107 Å². The van der Waals surface area contributed by atoms with Gasteiger partial charge in [-0.1, -0.05) is 53.6 Å². The van der Waals surface area contributed by atoms with Crippen molar-refractivity contribution in [1.82, 2.24) is 14.7 Å². The summed E-state index contributed by atoms with van der Waals surface area (Å²) in [5.74, 6) is -4.99. The minimum atomic E-state index is -1.95. The Morgan fingerprint density at radius 3 is 2.35 bits per heavy atom. The summed E-state index contributed by atoms with van der Waals surface area (Å²) in [6.45, 7) is 2.32. The fourth-order valence-electron chi connectivity index (χ4n) is 8.60. The number of piperidine rings is 1. The van der Waals surface area contributed by atoms with E-state index in [-0.39, 0.29) is 47.2 Å². The molecule has 0 unspecified atom stereocenters. The minimum Gasteiger partial charge on any atom is -0.503 e. The maximum atomic E-state index is 14.4. The van der Waals surface area contributed by atoms with Crippen molar-refractivity contribution in [3.63, 3.8) is 0 Å². The second kappa shape index (κ2) is 11.3. The number of likely N-dealkylation sites (tertiary alicyclic amines) is 3. The molecular formula is C34H34Cl3N3O6.